The van der Waals surface area contributed by atoms with E-state index in [1.807, 2.05) is 6.92 Å². The topological polar surface area (TPSA) is 53.4 Å². The number of hydrogen-bond donors (Lipinski definition) is 1. The molecule has 0 aliphatic carbocycles. The molecule has 0 saturated carbocycles. The van der Waals surface area contributed by atoms with Crippen molar-refractivity contribution in [2.45, 2.75) is 26.3 Å². The van der Waals surface area contributed by atoms with Crippen LogP contribution in [0.5, 0.6) is 0 Å². The number of nitrogens with zero attached hydrogens (tertiary/aromatic N) is 2. The zero-order chi connectivity index (χ0) is 12.5. The highest BCUT2D eigenvalue weighted by Crippen LogP contribution is 2.32. The summed E-state index contributed by atoms with van der Waals surface area (Å²) in [6, 6.07) is 0. The second-order valence-electron chi connectivity index (χ2n) is 4.70. The highest BCUT2D eigenvalue weighted by molar-refractivity contribution is 7.15. The predicted molar refractivity (Wildman–Crippen MR) is 67.4 cm³/mol. The van der Waals surface area contributed by atoms with Crippen molar-refractivity contribution in [1.82, 2.24) is 9.88 Å². The van der Waals surface area contributed by atoms with E-state index in [0.717, 1.165) is 24.6 Å². The fourth-order valence-electron chi connectivity index (χ4n) is 1.97. The van der Waals surface area contributed by atoms with Crippen LogP contribution in [0.3, 0.4) is 0 Å². The molecule has 1 saturated heterocycles. The minimum absolute atomic E-state index is 0.559. The van der Waals surface area contributed by atoms with Crippen molar-refractivity contribution in [3.05, 3.63) is 15.5 Å². The van der Waals surface area contributed by atoms with Gasteiger partial charge in [0.2, 0.25) is 0 Å². The van der Waals surface area contributed by atoms with E-state index < -0.39 is 11.4 Å². The number of thiazole rings is 1. The molecule has 4 nitrogen and oxygen atoms in total. The van der Waals surface area contributed by atoms with Crippen molar-refractivity contribution in [2.75, 3.05) is 13.1 Å². The van der Waals surface area contributed by atoms with Crippen LogP contribution in [0.2, 0.25) is 4.34 Å². The summed E-state index contributed by atoms with van der Waals surface area (Å²) >= 11 is 7.31. The summed E-state index contributed by atoms with van der Waals surface area (Å²) in [7, 11) is 0. The summed E-state index contributed by atoms with van der Waals surface area (Å²) in [5.74, 6) is -0.686. The van der Waals surface area contributed by atoms with Crippen LogP contribution in [-0.2, 0) is 11.3 Å². The van der Waals surface area contributed by atoms with Gasteiger partial charge in [-0.05, 0) is 32.9 Å². The lowest BCUT2D eigenvalue weighted by Gasteiger charge is -2.35. The Morgan fingerprint density at radius 2 is 2.29 bits per heavy atom. The summed E-state index contributed by atoms with van der Waals surface area (Å²) < 4.78 is 0.701. The van der Waals surface area contributed by atoms with Gasteiger partial charge in [0.15, 0.2) is 0 Å². The van der Waals surface area contributed by atoms with Crippen molar-refractivity contribution in [1.29, 1.82) is 0 Å². The Labute approximate surface area is 109 Å². The largest absolute Gasteiger partial charge is 0.481 e. The van der Waals surface area contributed by atoms with Gasteiger partial charge < -0.3 is 5.11 Å². The lowest BCUT2D eigenvalue weighted by Crippen LogP contribution is -2.42. The molecule has 1 aliphatic heterocycles. The first-order valence-electron chi connectivity index (χ1n) is 5.55. The summed E-state index contributed by atoms with van der Waals surface area (Å²) in [6.07, 6.45) is 3.05. The molecule has 0 atom stereocenters. The molecule has 1 aromatic rings. The number of carboxylic acids is 1. The first kappa shape index (κ1) is 12.8. The molecule has 0 amide bonds. The van der Waals surface area contributed by atoms with Gasteiger partial charge >= 0.3 is 5.97 Å². The lowest BCUT2D eigenvalue weighted by molar-refractivity contribution is -0.150. The van der Waals surface area contributed by atoms with E-state index in [2.05, 4.69) is 9.88 Å². The minimum Gasteiger partial charge on any atom is -0.481 e. The van der Waals surface area contributed by atoms with Gasteiger partial charge in [0, 0.05) is 0 Å². The van der Waals surface area contributed by atoms with Crippen LogP contribution in [0, 0.1) is 5.41 Å². The van der Waals surface area contributed by atoms with Crippen molar-refractivity contribution >= 4 is 28.9 Å². The van der Waals surface area contributed by atoms with Crippen molar-refractivity contribution in [2.24, 2.45) is 5.41 Å². The van der Waals surface area contributed by atoms with E-state index in [4.69, 9.17) is 16.7 Å². The Bertz CT molecular complexity index is 413. The third-order valence-electron chi connectivity index (χ3n) is 3.36. The zero-order valence-electron chi connectivity index (χ0n) is 9.65. The molecule has 0 bridgehead atoms. The number of piperidine rings is 1. The van der Waals surface area contributed by atoms with Crippen LogP contribution >= 0.6 is 22.9 Å². The van der Waals surface area contributed by atoms with Gasteiger partial charge in [0.25, 0.3) is 0 Å². The predicted octanol–water partition coefficient (Wildman–Crippen LogP) is 2.48. The maximum Gasteiger partial charge on any atom is 0.309 e. The maximum absolute atomic E-state index is 11.1. The molecule has 1 aliphatic rings. The van der Waals surface area contributed by atoms with E-state index in [9.17, 15) is 4.79 Å². The number of carboxylic acid groups (broad SMARTS) is 1. The molecule has 6 heteroatoms. The Balaban J connectivity index is 1.89. The second-order valence-corrected chi connectivity index (χ2v) is 6.45. The molecule has 0 spiro atoms. The highest BCUT2D eigenvalue weighted by Gasteiger charge is 2.36. The van der Waals surface area contributed by atoms with Crippen molar-refractivity contribution in [3.8, 4) is 0 Å². The van der Waals surface area contributed by atoms with Crippen LogP contribution in [0.15, 0.2) is 6.20 Å². The van der Waals surface area contributed by atoms with Crippen LogP contribution in [0.25, 0.3) is 0 Å². The third-order valence-corrected chi connectivity index (χ3v) is 4.46. The molecule has 2 heterocycles. The fourth-order valence-corrected chi connectivity index (χ4v) is 2.97. The summed E-state index contributed by atoms with van der Waals surface area (Å²) in [6.45, 7) is 4.21. The van der Waals surface area contributed by atoms with Gasteiger partial charge in [0.05, 0.1) is 18.2 Å². The summed E-state index contributed by atoms with van der Waals surface area (Å²) in [4.78, 5) is 17.5. The Hall–Kier alpha value is -0.650. The number of aromatic nitrogens is 1. The van der Waals surface area contributed by atoms with E-state index in [1.54, 1.807) is 6.20 Å². The van der Waals surface area contributed by atoms with E-state index in [1.165, 1.54) is 11.3 Å². The van der Waals surface area contributed by atoms with Gasteiger partial charge in [-0.3, -0.25) is 9.69 Å². The number of hydrogen-bond acceptors (Lipinski definition) is 4. The third kappa shape index (κ3) is 2.97. The van der Waals surface area contributed by atoms with Crippen molar-refractivity contribution in [3.63, 3.8) is 0 Å². The minimum atomic E-state index is -0.686. The SMILES string of the molecule is CC1(C(=O)O)CCN(Cc2ncc(Cl)s2)CC1. The molecule has 1 N–H and O–H groups in total. The first-order chi connectivity index (χ1) is 7.99. The molecule has 94 valence electrons. The smallest absolute Gasteiger partial charge is 0.309 e. The van der Waals surface area contributed by atoms with Gasteiger partial charge in [-0.25, -0.2) is 4.98 Å². The molecule has 2 rings (SSSR count). The molecule has 0 unspecified atom stereocenters. The second kappa shape index (κ2) is 4.92. The molecule has 17 heavy (non-hydrogen) atoms. The quantitative estimate of drug-likeness (QED) is 0.920. The first-order valence-corrected chi connectivity index (χ1v) is 6.75. The number of aliphatic carboxylic acids is 1. The number of carbonyl (C=O) groups is 1. The average molecular weight is 275 g/mol. The average Bonchev–Trinajstić information content (AvgIpc) is 2.67. The Morgan fingerprint density at radius 3 is 2.76 bits per heavy atom. The molecule has 0 aromatic carbocycles. The number of likely N-dealkylation sites (tertiary alicyclic amines) is 1. The summed E-state index contributed by atoms with van der Waals surface area (Å²) in [5, 5.41) is 10.1. The summed E-state index contributed by atoms with van der Waals surface area (Å²) in [5.41, 5.74) is -0.559. The van der Waals surface area contributed by atoms with E-state index in [-0.39, 0.29) is 0 Å². The standard InChI is InChI=1S/C11H15ClN2O2S/c1-11(10(15)16)2-4-14(5-3-11)7-9-13-6-8(12)17-9/h6H,2-5,7H2,1H3,(H,15,16). The molecular weight excluding hydrogens is 260 g/mol. The number of rotatable bonds is 3. The van der Waals surface area contributed by atoms with E-state index in [0.29, 0.717) is 17.2 Å². The van der Waals surface area contributed by atoms with Gasteiger partial charge in [-0.15, -0.1) is 11.3 Å². The van der Waals surface area contributed by atoms with Crippen LogP contribution < -0.4 is 0 Å². The highest BCUT2D eigenvalue weighted by atomic mass is 35.5. The Morgan fingerprint density at radius 1 is 1.65 bits per heavy atom. The van der Waals surface area contributed by atoms with Gasteiger partial charge in [-0.1, -0.05) is 11.6 Å². The van der Waals surface area contributed by atoms with Crippen LogP contribution in [-0.4, -0.2) is 34.0 Å². The van der Waals surface area contributed by atoms with Crippen molar-refractivity contribution < 1.29 is 9.90 Å². The molecule has 1 fully saturated rings. The van der Waals surface area contributed by atoms with Crippen LogP contribution in [0.1, 0.15) is 24.8 Å². The van der Waals surface area contributed by atoms with Crippen LogP contribution in [0.4, 0.5) is 0 Å². The normalized spacial score (nSPS) is 20.4. The van der Waals surface area contributed by atoms with Gasteiger partial charge in [-0.2, -0.15) is 0 Å². The monoisotopic (exact) mass is 274 g/mol. The zero-order valence-corrected chi connectivity index (χ0v) is 11.2. The van der Waals surface area contributed by atoms with Gasteiger partial charge in [0.1, 0.15) is 9.34 Å². The Kier molecular flexibility index (Phi) is 3.70. The molecular formula is C11H15ClN2O2S. The van der Waals surface area contributed by atoms with E-state index >= 15 is 0 Å². The molecule has 0 radical (unpaired) electrons. The molecule has 1 aromatic heterocycles. The lowest BCUT2D eigenvalue weighted by atomic mass is 9.80. The fraction of sp³-hybridized carbons (Fsp3) is 0.636. The number of halogens is 1. The maximum atomic E-state index is 11.1.